The average Bonchev–Trinajstić information content (AvgIpc) is 2.83. The lowest BCUT2D eigenvalue weighted by molar-refractivity contribution is -0.130. The SMILES string of the molecule is CNS(=O)(=O)NCC(=O)N1CCc2ccsc2C1. The number of amides is 1. The molecule has 2 rings (SSSR count). The maximum absolute atomic E-state index is 11.9. The fourth-order valence-electron chi connectivity index (χ4n) is 1.79. The van der Waals surface area contributed by atoms with Gasteiger partial charge in [0.25, 0.3) is 10.2 Å². The molecule has 0 aliphatic carbocycles. The van der Waals surface area contributed by atoms with Crippen LogP contribution >= 0.6 is 11.3 Å². The molecule has 0 spiro atoms. The third-order valence-corrected chi connectivity index (χ3v) is 4.87. The summed E-state index contributed by atoms with van der Waals surface area (Å²) in [5.41, 5.74) is 1.29. The molecule has 0 atom stereocenters. The second-order valence-electron chi connectivity index (χ2n) is 3.96. The second-order valence-corrected chi connectivity index (χ2v) is 6.67. The lowest BCUT2D eigenvalue weighted by Crippen LogP contribution is -2.44. The van der Waals surface area contributed by atoms with E-state index in [0.29, 0.717) is 13.1 Å². The highest BCUT2D eigenvalue weighted by Crippen LogP contribution is 2.23. The van der Waals surface area contributed by atoms with Crippen molar-refractivity contribution in [2.24, 2.45) is 0 Å². The number of fused-ring (bicyclic) bond motifs is 1. The Kier molecular flexibility index (Phi) is 4.00. The van der Waals surface area contributed by atoms with Gasteiger partial charge in [0.05, 0.1) is 13.1 Å². The van der Waals surface area contributed by atoms with Gasteiger partial charge in [-0.3, -0.25) is 4.79 Å². The van der Waals surface area contributed by atoms with Crippen molar-refractivity contribution in [3.8, 4) is 0 Å². The van der Waals surface area contributed by atoms with Gasteiger partial charge >= 0.3 is 0 Å². The predicted molar refractivity (Wildman–Crippen MR) is 69.4 cm³/mol. The second kappa shape index (κ2) is 5.35. The number of rotatable bonds is 4. The van der Waals surface area contributed by atoms with Gasteiger partial charge in [-0.05, 0) is 23.4 Å². The van der Waals surface area contributed by atoms with Crippen LogP contribution in [0.3, 0.4) is 0 Å². The van der Waals surface area contributed by atoms with E-state index in [4.69, 9.17) is 0 Å². The molecule has 1 aliphatic rings. The standard InChI is InChI=1S/C10H15N3O3S2/c1-11-18(15,16)12-6-10(14)13-4-2-8-3-5-17-9(8)7-13/h3,5,11-12H,2,4,6-7H2,1H3. The number of nitrogens with one attached hydrogen (secondary N) is 2. The van der Waals surface area contributed by atoms with Gasteiger partial charge in [0.1, 0.15) is 0 Å². The highest BCUT2D eigenvalue weighted by atomic mass is 32.2. The average molecular weight is 289 g/mol. The number of thiophene rings is 1. The Balaban J connectivity index is 1.92. The molecule has 0 unspecified atom stereocenters. The van der Waals surface area contributed by atoms with Gasteiger partial charge in [-0.2, -0.15) is 13.1 Å². The van der Waals surface area contributed by atoms with Gasteiger partial charge in [0.2, 0.25) is 5.91 Å². The Bertz CT molecular complexity index is 538. The number of carbonyl (C=O) groups excluding carboxylic acids is 1. The maximum Gasteiger partial charge on any atom is 0.277 e. The van der Waals surface area contributed by atoms with E-state index in [0.717, 1.165) is 6.42 Å². The molecular formula is C10H15N3O3S2. The van der Waals surface area contributed by atoms with Crippen molar-refractivity contribution < 1.29 is 13.2 Å². The minimum Gasteiger partial charge on any atom is -0.336 e. The molecule has 1 amide bonds. The minimum atomic E-state index is -3.55. The van der Waals surface area contributed by atoms with Crippen LogP contribution in [0.25, 0.3) is 0 Å². The molecular weight excluding hydrogens is 274 g/mol. The third kappa shape index (κ3) is 3.08. The Hall–Kier alpha value is -0.960. The monoisotopic (exact) mass is 289 g/mol. The molecule has 0 fully saturated rings. The first kappa shape index (κ1) is 13.5. The Labute approximate surface area is 110 Å². The lowest BCUT2D eigenvalue weighted by atomic mass is 10.1. The van der Waals surface area contributed by atoms with Crippen LogP contribution < -0.4 is 9.44 Å². The number of nitrogens with zero attached hydrogens (tertiary/aromatic N) is 1. The van der Waals surface area contributed by atoms with E-state index in [9.17, 15) is 13.2 Å². The van der Waals surface area contributed by atoms with Crippen LogP contribution in [0, 0.1) is 0 Å². The summed E-state index contributed by atoms with van der Waals surface area (Å²) in [5, 5.41) is 2.02. The first-order valence-electron chi connectivity index (χ1n) is 5.53. The predicted octanol–water partition coefficient (Wildman–Crippen LogP) is -0.313. The molecule has 2 heterocycles. The van der Waals surface area contributed by atoms with Crippen molar-refractivity contribution in [1.29, 1.82) is 0 Å². The van der Waals surface area contributed by atoms with E-state index in [1.165, 1.54) is 17.5 Å². The van der Waals surface area contributed by atoms with Crippen molar-refractivity contribution in [3.05, 3.63) is 21.9 Å². The highest BCUT2D eigenvalue weighted by molar-refractivity contribution is 7.87. The summed E-state index contributed by atoms with van der Waals surface area (Å²) in [6.45, 7) is 1.01. The molecule has 0 aromatic carbocycles. The summed E-state index contributed by atoms with van der Waals surface area (Å²) in [5.74, 6) is -0.201. The first-order valence-corrected chi connectivity index (χ1v) is 7.89. The Morgan fingerprint density at radius 2 is 2.33 bits per heavy atom. The normalized spacial score (nSPS) is 15.5. The van der Waals surface area contributed by atoms with Crippen LogP contribution in [0.5, 0.6) is 0 Å². The van der Waals surface area contributed by atoms with Crippen molar-refractivity contribution in [3.63, 3.8) is 0 Å². The number of hydrogen-bond acceptors (Lipinski definition) is 4. The minimum absolute atomic E-state index is 0.201. The smallest absolute Gasteiger partial charge is 0.277 e. The van der Waals surface area contributed by atoms with E-state index in [1.54, 1.807) is 16.2 Å². The fraction of sp³-hybridized carbons (Fsp3) is 0.500. The molecule has 2 N–H and O–H groups in total. The van der Waals surface area contributed by atoms with E-state index in [1.807, 2.05) is 5.38 Å². The maximum atomic E-state index is 11.9. The lowest BCUT2D eigenvalue weighted by Gasteiger charge is -2.26. The quantitative estimate of drug-likeness (QED) is 0.798. The number of carbonyl (C=O) groups is 1. The van der Waals surface area contributed by atoms with Crippen LogP contribution in [0.2, 0.25) is 0 Å². The molecule has 0 bridgehead atoms. The molecule has 1 aliphatic heterocycles. The van der Waals surface area contributed by atoms with Crippen LogP contribution in [0.1, 0.15) is 10.4 Å². The van der Waals surface area contributed by atoms with Crippen molar-refractivity contribution >= 4 is 27.5 Å². The largest absolute Gasteiger partial charge is 0.336 e. The van der Waals surface area contributed by atoms with Crippen LogP contribution in [0.4, 0.5) is 0 Å². The summed E-state index contributed by atoms with van der Waals surface area (Å²) in [7, 11) is -2.25. The third-order valence-electron chi connectivity index (χ3n) is 2.86. The molecule has 6 nitrogen and oxygen atoms in total. The highest BCUT2D eigenvalue weighted by Gasteiger charge is 2.22. The molecule has 0 saturated heterocycles. The van der Waals surface area contributed by atoms with E-state index < -0.39 is 10.2 Å². The van der Waals surface area contributed by atoms with Gasteiger partial charge in [0, 0.05) is 18.5 Å². The van der Waals surface area contributed by atoms with Gasteiger partial charge in [-0.15, -0.1) is 11.3 Å². The first-order chi connectivity index (χ1) is 8.52. The molecule has 0 radical (unpaired) electrons. The van der Waals surface area contributed by atoms with Crippen LogP contribution in [-0.2, 0) is 28.0 Å². The summed E-state index contributed by atoms with van der Waals surface area (Å²) in [6, 6.07) is 2.07. The van der Waals surface area contributed by atoms with E-state index in [-0.39, 0.29) is 12.5 Å². The summed E-state index contributed by atoms with van der Waals surface area (Å²) >= 11 is 1.63. The zero-order chi connectivity index (χ0) is 13.2. The van der Waals surface area contributed by atoms with E-state index in [2.05, 4.69) is 15.5 Å². The van der Waals surface area contributed by atoms with Gasteiger partial charge in [-0.25, -0.2) is 4.72 Å². The molecule has 100 valence electrons. The molecule has 0 saturated carbocycles. The topological polar surface area (TPSA) is 78.5 Å². The Morgan fingerprint density at radius 1 is 1.56 bits per heavy atom. The van der Waals surface area contributed by atoms with Gasteiger partial charge < -0.3 is 4.90 Å². The van der Waals surface area contributed by atoms with Crippen molar-refractivity contribution in [2.45, 2.75) is 13.0 Å². The zero-order valence-corrected chi connectivity index (χ0v) is 11.6. The van der Waals surface area contributed by atoms with Crippen LogP contribution in [0.15, 0.2) is 11.4 Å². The zero-order valence-electron chi connectivity index (χ0n) is 9.97. The van der Waals surface area contributed by atoms with Crippen LogP contribution in [-0.4, -0.2) is 39.4 Å². The van der Waals surface area contributed by atoms with Gasteiger partial charge in [-0.1, -0.05) is 0 Å². The number of hydrogen-bond donors (Lipinski definition) is 2. The summed E-state index contributed by atoms with van der Waals surface area (Å²) < 4.78 is 26.6. The summed E-state index contributed by atoms with van der Waals surface area (Å²) in [4.78, 5) is 14.7. The van der Waals surface area contributed by atoms with E-state index >= 15 is 0 Å². The summed E-state index contributed by atoms with van der Waals surface area (Å²) in [6.07, 6.45) is 0.837. The molecule has 1 aromatic rings. The van der Waals surface area contributed by atoms with Crippen molar-refractivity contribution in [1.82, 2.24) is 14.3 Å². The molecule has 18 heavy (non-hydrogen) atoms. The Morgan fingerprint density at radius 3 is 3.06 bits per heavy atom. The van der Waals surface area contributed by atoms with Gasteiger partial charge in [0.15, 0.2) is 0 Å². The molecule has 8 heteroatoms. The molecule has 1 aromatic heterocycles. The van der Waals surface area contributed by atoms with Crippen molar-refractivity contribution in [2.75, 3.05) is 20.1 Å². The fourth-order valence-corrected chi connectivity index (χ4v) is 3.20.